The van der Waals surface area contributed by atoms with E-state index >= 15 is 0 Å². The fourth-order valence-corrected chi connectivity index (χ4v) is 1.60. The summed E-state index contributed by atoms with van der Waals surface area (Å²) in [5.41, 5.74) is 0. The Hall–Kier alpha value is -0.260. The Kier molecular flexibility index (Phi) is 2.53. The first-order chi connectivity index (χ1) is 4.72. The van der Waals surface area contributed by atoms with Crippen molar-refractivity contribution in [2.75, 3.05) is 0 Å². The van der Waals surface area contributed by atoms with E-state index in [1.54, 1.807) is 0 Å². The standard InChI is InChI=1S/C6H4F3I/c7-5-3-1-2-4-6(5)10(8)9/h1-4H. The van der Waals surface area contributed by atoms with Gasteiger partial charge in [-0.3, -0.25) is 0 Å². The Balaban J connectivity index is 3.03. The summed E-state index contributed by atoms with van der Waals surface area (Å²) in [6.45, 7) is 0. The molecule has 0 radical (unpaired) electrons. The van der Waals surface area contributed by atoms with Gasteiger partial charge in [0.15, 0.2) is 0 Å². The van der Waals surface area contributed by atoms with Crippen molar-refractivity contribution < 1.29 is 10.1 Å². The zero-order valence-electron chi connectivity index (χ0n) is 4.82. The molecule has 0 nitrogen and oxygen atoms in total. The van der Waals surface area contributed by atoms with Crippen LogP contribution in [0.2, 0.25) is 0 Å². The molecule has 10 heavy (non-hydrogen) atoms. The maximum absolute atomic E-state index is 12.4. The number of halogens is 4. The van der Waals surface area contributed by atoms with Gasteiger partial charge in [-0.2, -0.15) is 0 Å². The van der Waals surface area contributed by atoms with Gasteiger partial charge in [0.05, 0.1) is 0 Å². The van der Waals surface area contributed by atoms with E-state index < -0.39 is 26.8 Å². The minimum absolute atomic E-state index is 0.383. The molecule has 0 aromatic heterocycles. The third-order valence-electron chi connectivity index (χ3n) is 0.978. The molecule has 0 aliphatic rings. The molecule has 0 unspecified atom stereocenters. The first-order valence-electron chi connectivity index (χ1n) is 2.49. The van der Waals surface area contributed by atoms with Crippen molar-refractivity contribution in [1.82, 2.24) is 0 Å². The van der Waals surface area contributed by atoms with E-state index in [1.165, 1.54) is 12.1 Å². The molecule has 0 aliphatic heterocycles. The predicted octanol–water partition coefficient (Wildman–Crippen LogP) is 3.27. The molecule has 0 saturated heterocycles. The molecular weight excluding hydrogens is 256 g/mol. The van der Waals surface area contributed by atoms with Crippen LogP contribution in [0.25, 0.3) is 0 Å². The molecule has 1 aromatic rings. The average molecular weight is 260 g/mol. The van der Waals surface area contributed by atoms with Gasteiger partial charge in [-0.1, -0.05) is 0 Å². The van der Waals surface area contributed by atoms with E-state index in [0.717, 1.165) is 12.1 Å². The van der Waals surface area contributed by atoms with E-state index in [4.69, 9.17) is 0 Å². The van der Waals surface area contributed by atoms with Gasteiger partial charge in [0.2, 0.25) is 0 Å². The van der Waals surface area contributed by atoms with Crippen LogP contribution in [0.15, 0.2) is 24.3 Å². The first-order valence-corrected chi connectivity index (χ1v) is 5.20. The van der Waals surface area contributed by atoms with Gasteiger partial charge in [-0.05, 0) is 0 Å². The Morgan fingerprint density at radius 2 is 1.70 bits per heavy atom. The number of benzene rings is 1. The Morgan fingerprint density at radius 1 is 1.10 bits per heavy atom. The topological polar surface area (TPSA) is 0 Å². The predicted molar refractivity (Wildman–Crippen MR) is 41.3 cm³/mol. The van der Waals surface area contributed by atoms with Crippen molar-refractivity contribution in [3.8, 4) is 0 Å². The molecule has 0 heterocycles. The van der Waals surface area contributed by atoms with E-state index in [0.29, 0.717) is 0 Å². The number of hydrogen-bond donors (Lipinski definition) is 0. The molecule has 0 fully saturated rings. The molecule has 0 bridgehead atoms. The fourth-order valence-electron chi connectivity index (χ4n) is 0.555. The molecule has 0 atom stereocenters. The van der Waals surface area contributed by atoms with Gasteiger partial charge in [-0.15, -0.1) is 0 Å². The minimum atomic E-state index is -4.10. The van der Waals surface area contributed by atoms with Gasteiger partial charge in [-0.25, -0.2) is 0 Å². The van der Waals surface area contributed by atoms with E-state index in [2.05, 4.69) is 0 Å². The van der Waals surface area contributed by atoms with E-state index in [-0.39, 0.29) is 3.57 Å². The second kappa shape index (κ2) is 3.23. The van der Waals surface area contributed by atoms with Crippen LogP contribution in [0, 0.1) is 9.39 Å². The fraction of sp³-hybridized carbons (Fsp3) is 0. The molecule has 0 amide bonds. The van der Waals surface area contributed by atoms with E-state index in [9.17, 15) is 10.1 Å². The summed E-state index contributed by atoms with van der Waals surface area (Å²) in [5, 5.41) is 0. The molecule has 0 saturated carbocycles. The summed E-state index contributed by atoms with van der Waals surface area (Å²) >= 11 is -4.10. The quantitative estimate of drug-likeness (QED) is 0.680. The second-order valence-electron chi connectivity index (χ2n) is 1.61. The first kappa shape index (κ1) is 7.84. The average Bonchev–Trinajstić information content (AvgIpc) is 1.88. The molecule has 1 aromatic carbocycles. The number of hydrogen-bond acceptors (Lipinski definition) is 0. The van der Waals surface area contributed by atoms with Gasteiger partial charge < -0.3 is 0 Å². The van der Waals surface area contributed by atoms with Gasteiger partial charge >= 0.3 is 64.7 Å². The molecule has 0 spiro atoms. The molecule has 56 valence electrons. The van der Waals surface area contributed by atoms with Crippen LogP contribution in [0.4, 0.5) is 10.1 Å². The molecule has 4 heteroatoms. The molecule has 0 N–H and O–H groups in total. The number of rotatable bonds is 1. The van der Waals surface area contributed by atoms with Gasteiger partial charge in [0.1, 0.15) is 0 Å². The van der Waals surface area contributed by atoms with Crippen LogP contribution in [0.5, 0.6) is 0 Å². The Bertz CT molecular complexity index is 224. The Labute approximate surface area is 65.0 Å². The third kappa shape index (κ3) is 1.62. The van der Waals surface area contributed by atoms with Crippen LogP contribution < -0.4 is 0 Å². The summed E-state index contributed by atoms with van der Waals surface area (Å²) in [6, 6.07) is 5.01. The Morgan fingerprint density at radius 3 is 2.10 bits per heavy atom. The van der Waals surface area contributed by atoms with E-state index in [1.807, 2.05) is 0 Å². The van der Waals surface area contributed by atoms with Crippen LogP contribution in [-0.4, -0.2) is 0 Å². The van der Waals surface area contributed by atoms with Crippen LogP contribution >= 0.6 is 21.0 Å². The summed E-state index contributed by atoms with van der Waals surface area (Å²) < 4.78 is 35.9. The van der Waals surface area contributed by atoms with Gasteiger partial charge in [0, 0.05) is 0 Å². The van der Waals surface area contributed by atoms with Crippen molar-refractivity contribution in [1.29, 1.82) is 0 Å². The summed E-state index contributed by atoms with van der Waals surface area (Å²) in [4.78, 5) is 0. The van der Waals surface area contributed by atoms with Crippen molar-refractivity contribution in [2.24, 2.45) is 0 Å². The SMILES string of the molecule is Fc1ccccc1I(F)F. The summed E-state index contributed by atoms with van der Waals surface area (Å²) in [6.07, 6.45) is 0. The molecular formula is C6H4F3I. The zero-order chi connectivity index (χ0) is 7.56. The molecule has 1 rings (SSSR count). The van der Waals surface area contributed by atoms with Crippen LogP contribution in [0.3, 0.4) is 0 Å². The summed E-state index contributed by atoms with van der Waals surface area (Å²) in [7, 11) is 0. The van der Waals surface area contributed by atoms with Gasteiger partial charge in [0.25, 0.3) is 0 Å². The second-order valence-corrected chi connectivity index (χ2v) is 3.90. The van der Waals surface area contributed by atoms with Crippen molar-refractivity contribution >= 4 is 21.0 Å². The van der Waals surface area contributed by atoms with Crippen molar-refractivity contribution in [3.05, 3.63) is 33.7 Å². The monoisotopic (exact) mass is 260 g/mol. The maximum atomic E-state index is 12.4. The van der Waals surface area contributed by atoms with Crippen molar-refractivity contribution in [3.63, 3.8) is 0 Å². The van der Waals surface area contributed by atoms with Crippen molar-refractivity contribution in [2.45, 2.75) is 0 Å². The normalized spacial score (nSPS) is 11.3. The summed E-state index contributed by atoms with van der Waals surface area (Å²) in [5.74, 6) is -0.780. The van der Waals surface area contributed by atoms with Crippen LogP contribution in [0.1, 0.15) is 0 Å². The third-order valence-corrected chi connectivity index (χ3v) is 2.73. The van der Waals surface area contributed by atoms with Crippen LogP contribution in [-0.2, 0) is 0 Å². The zero-order valence-corrected chi connectivity index (χ0v) is 6.98. The molecule has 0 aliphatic carbocycles.